The van der Waals surface area contributed by atoms with Crippen LogP contribution >= 0.6 is 11.8 Å². The van der Waals surface area contributed by atoms with Crippen LogP contribution in [-0.2, 0) is 14.8 Å². The number of hydrogen-bond donors (Lipinski definition) is 2. The molecule has 9 heteroatoms. The molecule has 0 aliphatic carbocycles. The van der Waals surface area contributed by atoms with Crippen LogP contribution in [-0.4, -0.2) is 60.3 Å². The number of piperidine rings is 1. The van der Waals surface area contributed by atoms with E-state index < -0.39 is 16.0 Å². The van der Waals surface area contributed by atoms with E-state index in [1.807, 2.05) is 11.8 Å². The average Bonchev–Trinajstić information content (AvgIpc) is 3.14. The molecule has 142 valence electrons. The van der Waals surface area contributed by atoms with Crippen LogP contribution in [0, 0.1) is 5.92 Å². The first-order chi connectivity index (χ1) is 12.4. The fourth-order valence-electron chi connectivity index (χ4n) is 3.33. The summed E-state index contributed by atoms with van der Waals surface area (Å²) in [5, 5.41) is 12.3. The molecule has 0 saturated carbocycles. The van der Waals surface area contributed by atoms with Crippen LogP contribution in [0.2, 0.25) is 0 Å². The summed E-state index contributed by atoms with van der Waals surface area (Å²) < 4.78 is 26.9. The second-order valence-corrected chi connectivity index (χ2v) is 9.60. The number of aromatic carboxylic acids is 1. The van der Waals surface area contributed by atoms with Gasteiger partial charge in [-0.2, -0.15) is 16.1 Å². The first-order valence-corrected chi connectivity index (χ1v) is 11.2. The van der Waals surface area contributed by atoms with Gasteiger partial charge in [-0.05, 0) is 37.1 Å². The van der Waals surface area contributed by atoms with Gasteiger partial charge in [-0.25, -0.2) is 13.2 Å². The number of hydrogen-bond acceptors (Lipinski definition) is 5. The number of amides is 1. The van der Waals surface area contributed by atoms with Crippen LogP contribution in [0.25, 0.3) is 0 Å². The zero-order valence-corrected chi connectivity index (χ0v) is 15.9. The van der Waals surface area contributed by atoms with E-state index in [9.17, 15) is 23.1 Å². The highest BCUT2D eigenvalue weighted by Gasteiger charge is 2.34. The van der Waals surface area contributed by atoms with Crippen molar-refractivity contribution in [2.45, 2.75) is 30.2 Å². The largest absolute Gasteiger partial charge is 0.478 e. The Labute approximate surface area is 157 Å². The number of carboxylic acids is 1. The fourth-order valence-corrected chi connectivity index (χ4v) is 6.14. The van der Waals surface area contributed by atoms with Crippen molar-refractivity contribution in [3.8, 4) is 0 Å². The first kappa shape index (κ1) is 19.2. The molecule has 0 radical (unpaired) electrons. The quantitative estimate of drug-likeness (QED) is 0.777. The van der Waals surface area contributed by atoms with E-state index in [0.717, 1.165) is 17.9 Å². The van der Waals surface area contributed by atoms with Gasteiger partial charge in [0.15, 0.2) is 0 Å². The van der Waals surface area contributed by atoms with Gasteiger partial charge in [0.25, 0.3) is 0 Å². The topological polar surface area (TPSA) is 104 Å². The molecule has 2 aliphatic heterocycles. The lowest BCUT2D eigenvalue weighted by molar-refractivity contribution is -0.126. The van der Waals surface area contributed by atoms with Crippen LogP contribution < -0.4 is 5.32 Å². The van der Waals surface area contributed by atoms with E-state index in [0.29, 0.717) is 12.8 Å². The van der Waals surface area contributed by atoms with E-state index in [1.165, 1.54) is 28.6 Å². The molecule has 2 N–H and O–H groups in total. The number of nitrogens with zero attached hydrogens (tertiary/aromatic N) is 1. The predicted octanol–water partition coefficient (Wildman–Crippen LogP) is 1.41. The lowest BCUT2D eigenvalue weighted by atomic mass is 9.97. The highest BCUT2D eigenvalue weighted by atomic mass is 32.2. The minimum absolute atomic E-state index is 0.000448. The summed E-state index contributed by atoms with van der Waals surface area (Å²) in [6.45, 7) is 0.432. The Bertz CT molecular complexity index is 782. The van der Waals surface area contributed by atoms with Crippen LogP contribution in [0.5, 0.6) is 0 Å². The van der Waals surface area contributed by atoms with Crippen molar-refractivity contribution in [3.05, 3.63) is 29.8 Å². The van der Waals surface area contributed by atoms with Gasteiger partial charge < -0.3 is 10.4 Å². The number of carbonyl (C=O) groups excluding carboxylic acids is 1. The molecule has 0 spiro atoms. The summed E-state index contributed by atoms with van der Waals surface area (Å²) >= 11 is 1.83. The molecule has 1 unspecified atom stereocenters. The smallest absolute Gasteiger partial charge is 0.337 e. The standard InChI is InChI=1S/C17H22N2O5S2/c20-16(18-13-7-10-25-11-13)12-5-8-19(9-6-12)26(23,24)15-4-2-1-3-14(15)17(21)22/h1-4,12-13H,5-11H2,(H,18,20)(H,21,22). The summed E-state index contributed by atoms with van der Waals surface area (Å²) in [6.07, 6.45) is 1.87. The number of benzene rings is 1. The van der Waals surface area contributed by atoms with Crippen molar-refractivity contribution in [2.24, 2.45) is 5.92 Å². The lowest BCUT2D eigenvalue weighted by Gasteiger charge is -2.31. The van der Waals surface area contributed by atoms with Crippen LogP contribution in [0.4, 0.5) is 0 Å². The second-order valence-electron chi connectivity index (χ2n) is 6.55. The molecule has 3 rings (SSSR count). The molecule has 26 heavy (non-hydrogen) atoms. The summed E-state index contributed by atoms with van der Waals surface area (Å²) in [5.74, 6) is 0.533. The van der Waals surface area contributed by atoms with Crippen LogP contribution in [0.3, 0.4) is 0 Å². The first-order valence-electron chi connectivity index (χ1n) is 8.60. The van der Waals surface area contributed by atoms with Gasteiger partial charge in [0.2, 0.25) is 15.9 Å². The van der Waals surface area contributed by atoms with Gasteiger partial charge in [0.1, 0.15) is 0 Å². The van der Waals surface area contributed by atoms with Gasteiger partial charge in [-0.15, -0.1) is 0 Å². The van der Waals surface area contributed by atoms with Crippen molar-refractivity contribution < 1.29 is 23.1 Å². The van der Waals surface area contributed by atoms with E-state index in [4.69, 9.17) is 0 Å². The summed E-state index contributed by atoms with van der Waals surface area (Å²) in [7, 11) is -3.89. The molecular formula is C17H22N2O5S2. The van der Waals surface area contributed by atoms with E-state index in [1.54, 1.807) is 0 Å². The van der Waals surface area contributed by atoms with Crippen molar-refractivity contribution in [1.29, 1.82) is 0 Å². The molecule has 1 atom stereocenters. The molecule has 1 aromatic rings. The van der Waals surface area contributed by atoms with Crippen LogP contribution in [0.1, 0.15) is 29.6 Å². The predicted molar refractivity (Wildman–Crippen MR) is 98.8 cm³/mol. The Kier molecular flexibility index (Phi) is 5.89. The average molecular weight is 399 g/mol. The summed E-state index contributed by atoms with van der Waals surface area (Å²) in [6, 6.07) is 5.83. The Morgan fingerprint density at radius 2 is 1.85 bits per heavy atom. The monoisotopic (exact) mass is 398 g/mol. The zero-order valence-electron chi connectivity index (χ0n) is 14.3. The molecule has 2 aliphatic rings. The van der Waals surface area contributed by atoms with Gasteiger partial charge >= 0.3 is 5.97 Å². The van der Waals surface area contributed by atoms with Crippen LogP contribution in [0.15, 0.2) is 29.2 Å². The molecule has 2 fully saturated rings. The highest BCUT2D eigenvalue weighted by Crippen LogP contribution is 2.26. The fraction of sp³-hybridized carbons (Fsp3) is 0.529. The molecule has 0 aromatic heterocycles. The number of carboxylic acid groups (broad SMARTS) is 1. The Morgan fingerprint density at radius 3 is 2.46 bits per heavy atom. The third-order valence-corrected chi connectivity index (χ3v) is 7.96. The SMILES string of the molecule is O=C(O)c1ccccc1S(=O)(=O)N1CCC(C(=O)NC2CCSC2)CC1. The Hall–Kier alpha value is -1.58. The molecule has 2 saturated heterocycles. The maximum atomic E-state index is 12.8. The van der Waals surface area contributed by atoms with E-state index in [-0.39, 0.29) is 41.4 Å². The molecule has 1 aromatic carbocycles. The minimum Gasteiger partial charge on any atom is -0.478 e. The number of carbonyl (C=O) groups is 2. The molecule has 1 amide bonds. The third-order valence-electron chi connectivity index (χ3n) is 4.84. The normalized spacial score (nSPS) is 22.2. The second kappa shape index (κ2) is 7.98. The van der Waals surface area contributed by atoms with Crippen molar-refractivity contribution in [2.75, 3.05) is 24.6 Å². The zero-order chi connectivity index (χ0) is 18.7. The summed E-state index contributed by atoms with van der Waals surface area (Å²) in [5.41, 5.74) is -0.230. The van der Waals surface area contributed by atoms with Gasteiger partial charge in [-0.3, -0.25) is 4.79 Å². The van der Waals surface area contributed by atoms with E-state index in [2.05, 4.69) is 5.32 Å². The molecular weight excluding hydrogens is 376 g/mol. The van der Waals surface area contributed by atoms with Crippen molar-refractivity contribution >= 4 is 33.7 Å². The maximum absolute atomic E-state index is 12.8. The maximum Gasteiger partial charge on any atom is 0.337 e. The number of rotatable bonds is 5. The lowest BCUT2D eigenvalue weighted by Crippen LogP contribution is -2.45. The number of thioether (sulfide) groups is 1. The van der Waals surface area contributed by atoms with Crippen molar-refractivity contribution in [1.82, 2.24) is 9.62 Å². The summed E-state index contributed by atoms with van der Waals surface area (Å²) in [4.78, 5) is 23.5. The number of sulfonamides is 1. The van der Waals surface area contributed by atoms with Crippen molar-refractivity contribution in [3.63, 3.8) is 0 Å². The van der Waals surface area contributed by atoms with Gasteiger partial charge in [0.05, 0.1) is 10.5 Å². The Balaban J connectivity index is 1.65. The number of nitrogens with one attached hydrogen (secondary N) is 1. The highest BCUT2D eigenvalue weighted by molar-refractivity contribution is 7.99. The minimum atomic E-state index is -3.89. The van der Waals surface area contributed by atoms with Gasteiger partial charge in [-0.1, -0.05) is 12.1 Å². The Morgan fingerprint density at radius 1 is 1.15 bits per heavy atom. The van der Waals surface area contributed by atoms with Gasteiger partial charge in [0, 0.05) is 30.8 Å². The third kappa shape index (κ3) is 4.05. The van der Waals surface area contributed by atoms with E-state index >= 15 is 0 Å². The molecule has 2 heterocycles. The molecule has 0 bridgehead atoms. The molecule has 7 nitrogen and oxygen atoms in total.